The van der Waals surface area contributed by atoms with E-state index >= 15 is 0 Å². The van der Waals surface area contributed by atoms with E-state index in [-0.39, 0.29) is 23.0 Å². The highest BCUT2D eigenvalue weighted by Crippen LogP contribution is 2.40. The van der Waals surface area contributed by atoms with Gasteiger partial charge >= 0.3 is 5.97 Å². The lowest BCUT2D eigenvalue weighted by Gasteiger charge is -2.02. The van der Waals surface area contributed by atoms with Crippen molar-refractivity contribution < 1.29 is 31.1 Å². The van der Waals surface area contributed by atoms with Crippen LogP contribution in [0.4, 0.5) is 5.69 Å². The summed E-state index contributed by atoms with van der Waals surface area (Å²) < 4.78 is 8.16. The van der Waals surface area contributed by atoms with Crippen molar-refractivity contribution >= 4 is 34.8 Å². The standard InChI is InChI=1S/C20H20N2O2S2.BrH/c1-3-24-19(23)18-16(21)17(22-11-7-8-14(2)12-22)20(26-18)25-13-15-9-5-4-6-10-15;/h4-12H,3,13H2,1-2H3,(H-,21,23);1H. The molecule has 7 heteroatoms. The number of ether oxygens (including phenoxy) is 1. The van der Waals surface area contributed by atoms with Crippen molar-refractivity contribution in [3.05, 3.63) is 70.9 Å². The maximum atomic E-state index is 12.3. The summed E-state index contributed by atoms with van der Waals surface area (Å²) in [5, 5.41) is 0. The number of anilines is 1. The van der Waals surface area contributed by atoms with Crippen LogP contribution in [0, 0.1) is 6.92 Å². The Hall–Kier alpha value is -1.83. The number of hydrogen-bond donors (Lipinski definition) is 1. The normalized spacial score (nSPS) is 10.3. The fourth-order valence-electron chi connectivity index (χ4n) is 2.56. The Bertz CT molecular complexity index is 914. The number of nitrogens with two attached hydrogens (primary N) is 1. The van der Waals surface area contributed by atoms with E-state index in [2.05, 4.69) is 12.1 Å². The van der Waals surface area contributed by atoms with E-state index in [4.69, 9.17) is 10.5 Å². The number of hydrogen-bond acceptors (Lipinski definition) is 5. The molecule has 0 aliphatic rings. The minimum absolute atomic E-state index is 0. The summed E-state index contributed by atoms with van der Waals surface area (Å²) in [6.45, 7) is 4.15. The molecule has 0 saturated heterocycles. The highest BCUT2D eigenvalue weighted by atomic mass is 79.9. The summed E-state index contributed by atoms with van der Waals surface area (Å²) in [5.74, 6) is 0.443. The Morgan fingerprint density at radius 2 is 1.96 bits per heavy atom. The highest BCUT2D eigenvalue weighted by Gasteiger charge is 2.28. The minimum Gasteiger partial charge on any atom is -1.00 e. The van der Waals surface area contributed by atoms with Gasteiger partial charge in [0.25, 0.3) is 5.69 Å². The maximum Gasteiger partial charge on any atom is 0.350 e. The summed E-state index contributed by atoms with van der Waals surface area (Å²) in [5.41, 5.74) is 10.0. The number of carbonyl (C=O) groups is 1. The SMILES string of the molecule is CCOC(=O)c1sc(SCc2ccccc2)c(-[n+]2cccc(C)c2)c1N.[Br-]. The Labute approximate surface area is 178 Å². The molecule has 0 bridgehead atoms. The number of esters is 1. The minimum atomic E-state index is -0.365. The monoisotopic (exact) mass is 464 g/mol. The second-order valence-electron chi connectivity index (χ2n) is 5.76. The zero-order valence-electron chi connectivity index (χ0n) is 15.1. The molecule has 4 nitrogen and oxygen atoms in total. The van der Waals surface area contributed by atoms with E-state index in [9.17, 15) is 4.79 Å². The van der Waals surface area contributed by atoms with Gasteiger partial charge in [-0.1, -0.05) is 30.3 Å². The van der Waals surface area contributed by atoms with Gasteiger partial charge in [-0.25, -0.2) is 4.79 Å². The number of rotatable bonds is 6. The number of nitrogen functional groups attached to an aromatic ring is 1. The molecule has 2 aromatic heterocycles. The second-order valence-corrected chi connectivity index (χ2v) is 8.03. The first-order chi connectivity index (χ1) is 12.6. The number of thioether (sulfide) groups is 1. The molecule has 0 atom stereocenters. The molecule has 0 spiro atoms. The summed E-state index contributed by atoms with van der Waals surface area (Å²) >= 11 is 3.08. The zero-order chi connectivity index (χ0) is 18.5. The molecule has 3 rings (SSSR count). The van der Waals surface area contributed by atoms with Crippen LogP contribution in [-0.2, 0) is 10.5 Å². The van der Waals surface area contributed by atoms with Gasteiger partial charge in [0, 0.05) is 17.4 Å². The lowest BCUT2D eigenvalue weighted by Crippen LogP contribution is -3.00. The Balaban J connectivity index is 0.00000261. The smallest absolute Gasteiger partial charge is 0.350 e. The van der Waals surface area contributed by atoms with Gasteiger partial charge in [0.2, 0.25) is 0 Å². The predicted molar refractivity (Wildman–Crippen MR) is 107 cm³/mol. The number of benzene rings is 1. The number of carbonyl (C=O) groups excluding carboxylic acids is 1. The zero-order valence-corrected chi connectivity index (χ0v) is 18.4. The van der Waals surface area contributed by atoms with Crippen molar-refractivity contribution in [1.29, 1.82) is 0 Å². The first kappa shape index (κ1) is 21.5. The van der Waals surface area contributed by atoms with Gasteiger partial charge in [-0.2, -0.15) is 4.57 Å². The molecule has 0 saturated carbocycles. The van der Waals surface area contributed by atoms with Crippen LogP contribution in [0.5, 0.6) is 0 Å². The Kier molecular flexibility index (Phi) is 7.89. The van der Waals surface area contributed by atoms with Crippen LogP contribution >= 0.6 is 23.1 Å². The third-order valence-corrected chi connectivity index (χ3v) is 6.27. The maximum absolute atomic E-state index is 12.3. The Morgan fingerprint density at radius 1 is 1.22 bits per heavy atom. The van der Waals surface area contributed by atoms with E-state index in [1.807, 2.05) is 54.2 Å². The van der Waals surface area contributed by atoms with E-state index in [0.29, 0.717) is 17.2 Å². The average molecular weight is 465 g/mol. The molecule has 0 amide bonds. The first-order valence-corrected chi connectivity index (χ1v) is 10.1. The number of aromatic nitrogens is 1. The lowest BCUT2D eigenvalue weighted by molar-refractivity contribution is -0.597. The van der Waals surface area contributed by atoms with Crippen molar-refractivity contribution in [2.75, 3.05) is 12.3 Å². The van der Waals surface area contributed by atoms with Crippen LogP contribution < -0.4 is 27.3 Å². The van der Waals surface area contributed by atoms with Crippen molar-refractivity contribution in [2.24, 2.45) is 0 Å². The van der Waals surface area contributed by atoms with Crippen molar-refractivity contribution in [2.45, 2.75) is 23.8 Å². The van der Waals surface area contributed by atoms with Gasteiger partial charge in [-0.15, -0.1) is 23.1 Å². The summed E-state index contributed by atoms with van der Waals surface area (Å²) in [4.78, 5) is 12.8. The molecule has 0 aliphatic heterocycles. The molecule has 142 valence electrons. The van der Waals surface area contributed by atoms with Crippen molar-refractivity contribution in [1.82, 2.24) is 0 Å². The van der Waals surface area contributed by atoms with E-state index < -0.39 is 0 Å². The lowest BCUT2D eigenvalue weighted by atomic mass is 10.2. The molecule has 1 aromatic carbocycles. The highest BCUT2D eigenvalue weighted by molar-refractivity contribution is 8.00. The topological polar surface area (TPSA) is 56.2 Å². The molecule has 3 aromatic rings. The number of halogens is 1. The third kappa shape index (κ3) is 5.12. The molecule has 27 heavy (non-hydrogen) atoms. The summed E-state index contributed by atoms with van der Waals surface area (Å²) in [6, 6.07) is 14.2. The van der Waals surface area contributed by atoms with Gasteiger partial charge < -0.3 is 27.5 Å². The largest absolute Gasteiger partial charge is 1.00 e. The third-order valence-electron chi connectivity index (χ3n) is 3.77. The number of aryl methyl sites for hydroxylation is 1. The molecule has 0 radical (unpaired) electrons. The number of nitrogens with zero attached hydrogens (tertiary/aromatic N) is 1. The van der Waals surface area contributed by atoms with Crippen LogP contribution in [0.1, 0.15) is 27.7 Å². The molecule has 0 fully saturated rings. The van der Waals surface area contributed by atoms with E-state index in [1.165, 1.54) is 16.9 Å². The van der Waals surface area contributed by atoms with Crippen LogP contribution in [0.2, 0.25) is 0 Å². The van der Waals surface area contributed by atoms with E-state index in [1.54, 1.807) is 18.7 Å². The first-order valence-electron chi connectivity index (χ1n) is 8.34. The average Bonchev–Trinajstić information content (AvgIpc) is 2.97. The fourth-order valence-corrected chi connectivity index (χ4v) is 4.91. The van der Waals surface area contributed by atoms with Gasteiger partial charge in [0.1, 0.15) is 14.8 Å². The van der Waals surface area contributed by atoms with Crippen molar-refractivity contribution in [3.8, 4) is 5.69 Å². The van der Waals surface area contributed by atoms with Crippen LogP contribution in [0.15, 0.2) is 59.1 Å². The summed E-state index contributed by atoms with van der Waals surface area (Å²) in [6.07, 6.45) is 3.97. The molecular formula is C20H21BrN2O2S2. The van der Waals surface area contributed by atoms with Crippen LogP contribution in [-0.4, -0.2) is 12.6 Å². The number of thiophene rings is 1. The van der Waals surface area contributed by atoms with Gasteiger partial charge in [0.05, 0.1) is 6.61 Å². The quantitative estimate of drug-likeness (QED) is 0.340. The molecule has 2 heterocycles. The molecule has 0 aliphatic carbocycles. The van der Waals surface area contributed by atoms with E-state index in [0.717, 1.165) is 21.2 Å². The van der Waals surface area contributed by atoms with Gasteiger partial charge in [-0.3, -0.25) is 0 Å². The molecular weight excluding hydrogens is 444 g/mol. The predicted octanol–water partition coefficient (Wildman–Crippen LogP) is 1.39. The van der Waals surface area contributed by atoms with Crippen LogP contribution in [0.3, 0.4) is 0 Å². The number of pyridine rings is 1. The second kappa shape index (κ2) is 9.92. The van der Waals surface area contributed by atoms with Gasteiger partial charge in [0.15, 0.2) is 12.4 Å². The summed E-state index contributed by atoms with van der Waals surface area (Å²) in [7, 11) is 0. The van der Waals surface area contributed by atoms with Crippen molar-refractivity contribution in [3.63, 3.8) is 0 Å². The molecule has 2 N–H and O–H groups in total. The molecule has 0 unspecified atom stereocenters. The van der Waals surface area contributed by atoms with Gasteiger partial charge in [-0.05, 0) is 25.5 Å². The Morgan fingerprint density at radius 3 is 2.63 bits per heavy atom. The fraction of sp³-hybridized carbons (Fsp3) is 0.200. The van der Waals surface area contributed by atoms with Crippen LogP contribution in [0.25, 0.3) is 5.69 Å².